The number of benzene rings is 1. The van der Waals surface area contributed by atoms with Gasteiger partial charge in [0.2, 0.25) is 5.91 Å². The minimum atomic E-state index is -0.509. The van der Waals surface area contributed by atoms with Gasteiger partial charge in [-0.1, -0.05) is 18.2 Å². The van der Waals surface area contributed by atoms with E-state index in [0.29, 0.717) is 11.6 Å². The Bertz CT molecular complexity index is 867. The number of nitrogens with one attached hydrogen (secondary N) is 1. The van der Waals surface area contributed by atoms with Crippen LogP contribution in [0.2, 0.25) is 0 Å². The molecule has 26 heavy (non-hydrogen) atoms. The zero-order valence-corrected chi connectivity index (χ0v) is 16.0. The number of pyridine rings is 1. The van der Waals surface area contributed by atoms with Crippen LogP contribution < -0.4 is 11.1 Å². The first-order chi connectivity index (χ1) is 12.7. The highest BCUT2D eigenvalue weighted by atomic mass is 32.2. The fraction of sp³-hybridized carbons (Fsp3) is 0.211. The molecule has 3 aromatic rings. The molecule has 2 aromatic heterocycles. The van der Waals surface area contributed by atoms with E-state index < -0.39 is 6.04 Å². The van der Waals surface area contributed by atoms with Gasteiger partial charge in [-0.3, -0.25) is 9.78 Å². The van der Waals surface area contributed by atoms with Gasteiger partial charge in [-0.15, -0.1) is 11.3 Å². The molecular formula is C19H20N4OS2. The molecule has 0 saturated heterocycles. The maximum atomic E-state index is 12.1. The Balaban J connectivity index is 1.73. The predicted octanol–water partition coefficient (Wildman–Crippen LogP) is 3.89. The first-order valence-electron chi connectivity index (χ1n) is 8.19. The van der Waals surface area contributed by atoms with E-state index in [2.05, 4.69) is 27.4 Å². The largest absolute Gasteiger partial charge is 0.320 e. The van der Waals surface area contributed by atoms with Crippen LogP contribution in [0.3, 0.4) is 0 Å². The Hall–Kier alpha value is -2.22. The summed E-state index contributed by atoms with van der Waals surface area (Å²) in [5.74, 6) is 0.671. The summed E-state index contributed by atoms with van der Waals surface area (Å²) >= 11 is 3.08. The van der Waals surface area contributed by atoms with Crippen LogP contribution >= 0.6 is 23.1 Å². The standard InChI is InChI=1S/C19H20N4OS2/c1-25-10-7-16(20)18(24)23-19-22-17(12-26-19)15-4-2-3-14(11-15)13-5-8-21-9-6-13/h2-6,8-9,11-12,16H,7,10,20H2,1H3,(H,22,23,24). The third kappa shape index (κ3) is 4.69. The molecule has 0 bridgehead atoms. The summed E-state index contributed by atoms with van der Waals surface area (Å²) in [6, 6.07) is 11.6. The maximum Gasteiger partial charge on any atom is 0.243 e. The lowest BCUT2D eigenvalue weighted by atomic mass is 10.0. The van der Waals surface area contributed by atoms with Crippen molar-refractivity contribution in [1.29, 1.82) is 0 Å². The average molecular weight is 385 g/mol. The van der Waals surface area contributed by atoms with E-state index in [1.54, 1.807) is 24.2 Å². The molecule has 0 aliphatic carbocycles. The van der Waals surface area contributed by atoms with E-state index in [-0.39, 0.29) is 5.91 Å². The third-order valence-electron chi connectivity index (χ3n) is 3.88. The van der Waals surface area contributed by atoms with Gasteiger partial charge in [0.15, 0.2) is 5.13 Å². The number of hydrogen-bond donors (Lipinski definition) is 2. The lowest BCUT2D eigenvalue weighted by molar-refractivity contribution is -0.117. The molecule has 1 aromatic carbocycles. The van der Waals surface area contributed by atoms with Crippen molar-refractivity contribution in [3.05, 3.63) is 54.2 Å². The van der Waals surface area contributed by atoms with Crippen LogP contribution in [0.5, 0.6) is 0 Å². The minimum absolute atomic E-state index is 0.189. The Labute approximate surface area is 161 Å². The number of rotatable bonds is 7. The first-order valence-corrected chi connectivity index (χ1v) is 10.5. The fourth-order valence-corrected chi connectivity index (χ4v) is 3.65. The van der Waals surface area contributed by atoms with E-state index in [0.717, 1.165) is 28.1 Å². The van der Waals surface area contributed by atoms with E-state index >= 15 is 0 Å². The third-order valence-corrected chi connectivity index (χ3v) is 5.28. The van der Waals surface area contributed by atoms with Crippen molar-refractivity contribution < 1.29 is 4.79 Å². The van der Waals surface area contributed by atoms with Gasteiger partial charge in [-0.05, 0) is 47.8 Å². The van der Waals surface area contributed by atoms with Crippen LogP contribution in [0.4, 0.5) is 5.13 Å². The first kappa shape index (κ1) is 18.6. The van der Waals surface area contributed by atoms with Gasteiger partial charge in [0.1, 0.15) is 0 Å². The minimum Gasteiger partial charge on any atom is -0.320 e. The van der Waals surface area contributed by atoms with Crippen LogP contribution in [0.1, 0.15) is 6.42 Å². The highest BCUT2D eigenvalue weighted by Crippen LogP contribution is 2.28. The molecule has 7 heteroatoms. The van der Waals surface area contributed by atoms with Crippen LogP contribution in [-0.4, -0.2) is 33.9 Å². The van der Waals surface area contributed by atoms with Crippen LogP contribution in [0.25, 0.3) is 22.4 Å². The van der Waals surface area contributed by atoms with E-state index in [9.17, 15) is 4.79 Å². The molecule has 0 spiro atoms. The van der Waals surface area contributed by atoms with Gasteiger partial charge in [0.05, 0.1) is 11.7 Å². The second-order valence-corrected chi connectivity index (χ2v) is 7.58. The Morgan fingerprint density at radius 3 is 2.77 bits per heavy atom. The lowest BCUT2D eigenvalue weighted by Crippen LogP contribution is -2.36. The highest BCUT2D eigenvalue weighted by Gasteiger charge is 2.15. The van der Waals surface area contributed by atoms with Crippen molar-refractivity contribution in [3.8, 4) is 22.4 Å². The van der Waals surface area contributed by atoms with Crippen molar-refractivity contribution >= 4 is 34.1 Å². The normalized spacial score (nSPS) is 11.9. The number of thiazole rings is 1. The van der Waals surface area contributed by atoms with E-state index in [1.807, 2.05) is 35.9 Å². The van der Waals surface area contributed by atoms with Crippen LogP contribution in [0, 0.1) is 0 Å². The van der Waals surface area contributed by atoms with Crippen molar-refractivity contribution in [2.24, 2.45) is 5.73 Å². The molecule has 0 radical (unpaired) electrons. The van der Waals surface area contributed by atoms with Gasteiger partial charge >= 0.3 is 0 Å². The Morgan fingerprint density at radius 2 is 2.00 bits per heavy atom. The lowest BCUT2D eigenvalue weighted by Gasteiger charge is -2.09. The number of aromatic nitrogens is 2. The summed E-state index contributed by atoms with van der Waals surface area (Å²) in [4.78, 5) is 20.7. The molecule has 0 saturated carbocycles. The molecule has 1 amide bonds. The average Bonchev–Trinajstić information content (AvgIpc) is 3.15. The molecule has 1 atom stereocenters. The summed E-state index contributed by atoms with van der Waals surface area (Å²) < 4.78 is 0. The number of amides is 1. The molecule has 3 N–H and O–H groups in total. The van der Waals surface area contributed by atoms with Crippen LogP contribution in [-0.2, 0) is 4.79 Å². The Morgan fingerprint density at radius 1 is 1.23 bits per heavy atom. The molecule has 134 valence electrons. The summed E-state index contributed by atoms with van der Waals surface area (Å²) in [6.45, 7) is 0. The molecule has 0 aliphatic heterocycles. The highest BCUT2D eigenvalue weighted by molar-refractivity contribution is 7.98. The smallest absolute Gasteiger partial charge is 0.243 e. The van der Waals surface area contributed by atoms with E-state index in [4.69, 9.17) is 5.73 Å². The van der Waals surface area contributed by atoms with E-state index in [1.165, 1.54) is 11.3 Å². The summed E-state index contributed by atoms with van der Waals surface area (Å²) in [7, 11) is 0. The zero-order chi connectivity index (χ0) is 18.4. The zero-order valence-electron chi connectivity index (χ0n) is 14.4. The van der Waals surface area contributed by atoms with Crippen molar-refractivity contribution in [2.45, 2.75) is 12.5 Å². The number of carbonyl (C=O) groups excluding carboxylic acids is 1. The van der Waals surface area contributed by atoms with Crippen molar-refractivity contribution in [1.82, 2.24) is 9.97 Å². The number of nitrogens with zero attached hydrogens (tertiary/aromatic N) is 2. The second kappa shape index (κ2) is 8.93. The number of carbonyl (C=O) groups is 1. The predicted molar refractivity (Wildman–Crippen MR) is 110 cm³/mol. The number of nitrogens with two attached hydrogens (primary N) is 1. The van der Waals surface area contributed by atoms with Gasteiger partial charge in [0, 0.05) is 23.3 Å². The van der Waals surface area contributed by atoms with Crippen LogP contribution in [0.15, 0.2) is 54.2 Å². The van der Waals surface area contributed by atoms with Gasteiger partial charge in [-0.25, -0.2) is 4.98 Å². The number of anilines is 1. The summed E-state index contributed by atoms with van der Waals surface area (Å²) in [5.41, 5.74) is 9.94. The maximum absolute atomic E-state index is 12.1. The number of thioether (sulfide) groups is 1. The molecule has 0 fully saturated rings. The molecule has 1 unspecified atom stereocenters. The topological polar surface area (TPSA) is 80.9 Å². The molecular weight excluding hydrogens is 364 g/mol. The molecule has 0 aliphatic rings. The Kier molecular flexibility index (Phi) is 6.38. The second-order valence-electron chi connectivity index (χ2n) is 5.73. The van der Waals surface area contributed by atoms with Gasteiger partial charge in [0.25, 0.3) is 0 Å². The molecule has 2 heterocycles. The molecule has 3 rings (SSSR count). The summed E-state index contributed by atoms with van der Waals surface area (Å²) in [5, 5.41) is 5.32. The summed E-state index contributed by atoms with van der Waals surface area (Å²) in [6.07, 6.45) is 6.20. The molecule has 5 nitrogen and oxygen atoms in total. The monoisotopic (exact) mass is 384 g/mol. The van der Waals surface area contributed by atoms with Gasteiger partial charge in [-0.2, -0.15) is 11.8 Å². The van der Waals surface area contributed by atoms with Crippen molar-refractivity contribution in [2.75, 3.05) is 17.3 Å². The van der Waals surface area contributed by atoms with Crippen molar-refractivity contribution in [3.63, 3.8) is 0 Å². The SMILES string of the molecule is CSCCC(N)C(=O)Nc1nc(-c2cccc(-c3ccncc3)c2)cs1. The quantitative estimate of drug-likeness (QED) is 0.646. The number of hydrogen-bond acceptors (Lipinski definition) is 6. The fourth-order valence-electron chi connectivity index (χ4n) is 2.44. The van der Waals surface area contributed by atoms with Gasteiger partial charge < -0.3 is 11.1 Å².